The molecule has 19 heavy (non-hydrogen) atoms. The summed E-state index contributed by atoms with van der Waals surface area (Å²) >= 11 is 0. The lowest BCUT2D eigenvalue weighted by Gasteiger charge is -2.21. The molecule has 4 nitrogen and oxygen atoms in total. The van der Waals surface area contributed by atoms with E-state index in [9.17, 15) is 5.11 Å². The van der Waals surface area contributed by atoms with Crippen LogP contribution in [0.3, 0.4) is 0 Å². The molecule has 2 aromatic rings. The summed E-state index contributed by atoms with van der Waals surface area (Å²) in [6.45, 7) is 7.02. The normalized spacial score (nSPS) is 14.3. The molecule has 2 rings (SSSR count). The molecule has 0 saturated heterocycles. The summed E-state index contributed by atoms with van der Waals surface area (Å²) < 4.78 is 2.04. The molecule has 0 aliphatic carbocycles. The van der Waals surface area contributed by atoms with Crippen LogP contribution in [0.5, 0.6) is 5.75 Å². The Kier molecular flexibility index (Phi) is 4.22. The van der Waals surface area contributed by atoms with Gasteiger partial charge in [0.25, 0.3) is 0 Å². The van der Waals surface area contributed by atoms with Crippen molar-refractivity contribution in [3.05, 3.63) is 48.0 Å². The molecule has 1 heterocycles. The fraction of sp³-hybridized carbons (Fsp3) is 0.400. The van der Waals surface area contributed by atoms with Gasteiger partial charge in [0, 0.05) is 36.6 Å². The minimum Gasteiger partial charge on any atom is -0.508 e. The molecule has 0 fully saturated rings. The Morgan fingerprint density at radius 2 is 2.16 bits per heavy atom. The lowest BCUT2D eigenvalue weighted by atomic mass is 10.0. The van der Waals surface area contributed by atoms with Gasteiger partial charge in [0.15, 0.2) is 0 Å². The van der Waals surface area contributed by atoms with E-state index in [0.29, 0.717) is 11.8 Å². The summed E-state index contributed by atoms with van der Waals surface area (Å²) in [6, 6.07) is 6.21. The molecule has 0 amide bonds. The van der Waals surface area contributed by atoms with E-state index in [4.69, 9.17) is 0 Å². The topological polar surface area (TPSA) is 50.1 Å². The van der Waals surface area contributed by atoms with Crippen molar-refractivity contribution in [1.82, 2.24) is 14.9 Å². The van der Waals surface area contributed by atoms with Crippen molar-refractivity contribution in [3.63, 3.8) is 0 Å². The van der Waals surface area contributed by atoms with E-state index in [-0.39, 0.29) is 6.04 Å². The third kappa shape index (κ3) is 3.58. The van der Waals surface area contributed by atoms with E-state index in [1.165, 1.54) is 0 Å². The van der Waals surface area contributed by atoms with Gasteiger partial charge in [0.2, 0.25) is 0 Å². The zero-order valence-electron chi connectivity index (χ0n) is 11.7. The molecule has 0 saturated carbocycles. The molecule has 2 unspecified atom stereocenters. The summed E-state index contributed by atoms with van der Waals surface area (Å²) in [5.74, 6) is 0.356. The highest BCUT2D eigenvalue weighted by Gasteiger charge is 2.13. The number of aryl methyl sites for hydroxylation is 1. The van der Waals surface area contributed by atoms with Gasteiger partial charge in [-0.2, -0.15) is 0 Å². The number of hydrogen-bond donors (Lipinski definition) is 2. The van der Waals surface area contributed by atoms with Crippen molar-refractivity contribution in [3.8, 4) is 5.75 Å². The van der Waals surface area contributed by atoms with Gasteiger partial charge in [-0.3, -0.25) is 0 Å². The predicted molar refractivity (Wildman–Crippen MR) is 76.1 cm³/mol. The van der Waals surface area contributed by atoms with E-state index >= 15 is 0 Å². The number of benzene rings is 1. The third-order valence-corrected chi connectivity index (χ3v) is 3.23. The second kappa shape index (κ2) is 5.89. The molecule has 1 aromatic heterocycles. The van der Waals surface area contributed by atoms with Crippen molar-refractivity contribution in [2.24, 2.45) is 0 Å². The van der Waals surface area contributed by atoms with Gasteiger partial charge in [-0.15, -0.1) is 0 Å². The van der Waals surface area contributed by atoms with Crippen molar-refractivity contribution < 1.29 is 5.11 Å². The van der Waals surface area contributed by atoms with Crippen molar-refractivity contribution in [2.45, 2.75) is 39.4 Å². The van der Waals surface area contributed by atoms with Gasteiger partial charge < -0.3 is 15.0 Å². The smallest absolute Gasteiger partial charge is 0.120 e. The van der Waals surface area contributed by atoms with E-state index in [1.54, 1.807) is 12.3 Å². The first-order valence-electron chi connectivity index (χ1n) is 6.57. The van der Waals surface area contributed by atoms with Crippen LogP contribution in [0.15, 0.2) is 36.9 Å². The number of nitrogens with one attached hydrogen (secondary N) is 1. The van der Waals surface area contributed by atoms with Gasteiger partial charge >= 0.3 is 0 Å². The molecular formula is C15H21N3O. The lowest BCUT2D eigenvalue weighted by molar-refractivity contribution is 0.410. The molecule has 1 aromatic carbocycles. The third-order valence-electron chi connectivity index (χ3n) is 3.23. The summed E-state index contributed by atoms with van der Waals surface area (Å²) in [5, 5.41) is 13.5. The van der Waals surface area contributed by atoms with Gasteiger partial charge in [-0.05, 0) is 32.4 Å². The molecule has 4 heteroatoms. The molecule has 0 spiro atoms. The molecule has 0 aliphatic rings. The zero-order chi connectivity index (χ0) is 13.8. The Morgan fingerprint density at radius 3 is 2.79 bits per heavy atom. The molecular weight excluding hydrogens is 238 g/mol. The van der Waals surface area contributed by atoms with Crippen molar-refractivity contribution in [1.29, 1.82) is 0 Å². The van der Waals surface area contributed by atoms with Crippen LogP contribution in [0.25, 0.3) is 0 Å². The molecule has 2 atom stereocenters. The van der Waals surface area contributed by atoms with Gasteiger partial charge in [-0.1, -0.05) is 12.1 Å². The number of rotatable bonds is 5. The molecule has 0 radical (unpaired) electrons. The zero-order valence-corrected chi connectivity index (χ0v) is 11.7. The highest BCUT2D eigenvalue weighted by atomic mass is 16.3. The highest BCUT2D eigenvalue weighted by molar-refractivity contribution is 5.37. The Bertz CT molecular complexity index is 522. The maximum atomic E-state index is 9.98. The SMILES string of the molecule is Cc1ccc(C(C)NC(C)Cn2ccnc2)c(O)c1. The second-order valence-corrected chi connectivity index (χ2v) is 5.11. The molecule has 0 bridgehead atoms. The van der Waals surface area contributed by atoms with Gasteiger partial charge in [0.1, 0.15) is 5.75 Å². The summed E-state index contributed by atoms with van der Waals surface area (Å²) in [4.78, 5) is 4.03. The number of nitrogens with zero attached hydrogens (tertiary/aromatic N) is 2. The quantitative estimate of drug-likeness (QED) is 0.868. The predicted octanol–water partition coefficient (Wildman–Crippen LogP) is 2.64. The number of imidazole rings is 1. The van der Waals surface area contributed by atoms with Crippen LogP contribution >= 0.6 is 0 Å². The Labute approximate surface area is 114 Å². The van der Waals surface area contributed by atoms with E-state index in [1.807, 2.05) is 36.1 Å². The highest BCUT2D eigenvalue weighted by Crippen LogP contribution is 2.25. The van der Waals surface area contributed by atoms with E-state index in [2.05, 4.69) is 24.1 Å². The van der Waals surface area contributed by atoms with Crippen LogP contribution in [0, 0.1) is 6.92 Å². The van der Waals surface area contributed by atoms with Gasteiger partial charge in [0.05, 0.1) is 6.33 Å². The summed E-state index contributed by atoms with van der Waals surface area (Å²) in [6.07, 6.45) is 5.54. The average molecular weight is 259 g/mol. The van der Waals surface area contributed by atoms with Crippen LogP contribution in [0.1, 0.15) is 31.0 Å². The number of phenolic OH excluding ortho intramolecular Hbond substituents is 1. The first-order valence-corrected chi connectivity index (χ1v) is 6.57. The first-order chi connectivity index (χ1) is 9.06. The largest absolute Gasteiger partial charge is 0.508 e. The summed E-state index contributed by atoms with van der Waals surface area (Å²) in [5.41, 5.74) is 2.00. The fourth-order valence-electron chi connectivity index (χ4n) is 2.30. The Hall–Kier alpha value is -1.81. The standard InChI is InChI=1S/C15H21N3O/c1-11-4-5-14(15(19)8-11)13(3)17-12(2)9-18-7-6-16-10-18/h4-8,10,12-13,17,19H,9H2,1-3H3. The van der Waals surface area contributed by atoms with Crippen LogP contribution in [0.4, 0.5) is 0 Å². The maximum absolute atomic E-state index is 9.98. The molecule has 2 N–H and O–H groups in total. The van der Waals surface area contributed by atoms with E-state index < -0.39 is 0 Å². The maximum Gasteiger partial charge on any atom is 0.120 e. The number of aromatic nitrogens is 2. The minimum absolute atomic E-state index is 0.110. The van der Waals surface area contributed by atoms with Crippen LogP contribution < -0.4 is 5.32 Å². The first kappa shape index (κ1) is 13.6. The number of phenols is 1. The Morgan fingerprint density at radius 1 is 1.37 bits per heavy atom. The number of aromatic hydroxyl groups is 1. The van der Waals surface area contributed by atoms with Gasteiger partial charge in [-0.25, -0.2) is 4.98 Å². The fourth-order valence-corrected chi connectivity index (χ4v) is 2.30. The van der Waals surface area contributed by atoms with Crippen LogP contribution in [0.2, 0.25) is 0 Å². The number of hydrogen-bond acceptors (Lipinski definition) is 3. The monoisotopic (exact) mass is 259 g/mol. The van der Waals surface area contributed by atoms with E-state index in [0.717, 1.165) is 17.7 Å². The van der Waals surface area contributed by atoms with Crippen LogP contribution in [-0.2, 0) is 6.54 Å². The lowest BCUT2D eigenvalue weighted by Crippen LogP contribution is -2.32. The second-order valence-electron chi connectivity index (χ2n) is 5.11. The van der Waals surface area contributed by atoms with Crippen LogP contribution in [-0.4, -0.2) is 20.7 Å². The van der Waals surface area contributed by atoms with Crippen molar-refractivity contribution >= 4 is 0 Å². The van der Waals surface area contributed by atoms with Crippen molar-refractivity contribution in [2.75, 3.05) is 0 Å². The minimum atomic E-state index is 0.110. The Balaban J connectivity index is 1.98. The summed E-state index contributed by atoms with van der Waals surface area (Å²) in [7, 11) is 0. The molecule has 102 valence electrons. The molecule has 0 aliphatic heterocycles. The average Bonchev–Trinajstić information content (AvgIpc) is 2.81.